The van der Waals surface area contributed by atoms with Gasteiger partial charge in [-0.15, -0.1) is 0 Å². The van der Waals surface area contributed by atoms with E-state index in [9.17, 15) is 9.18 Å². The maximum atomic E-state index is 13.6. The molecule has 5 heteroatoms. The summed E-state index contributed by atoms with van der Waals surface area (Å²) in [5.41, 5.74) is 1.38. The highest BCUT2D eigenvalue weighted by molar-refractivity contribution is 6.01. The molecule has 1 aromatic rings. The van der Waals surface area contributed by atoms with Crippen LogP contribution in [-0.2, 0) is 4.74 Å². The Hall–Kier alpha value is -1.46. The zero-order chi connectivity index (χ0) is 19.9. The molecular weight excluding hydrogens is 355 g/mol. The predicted octanol–water partition coefficient (Wildman–Crippen LogP) is 4.67. The Labute approximate surface area is 169 Å². The summed E-state index contributed by atoms with van der Waals surface area (Å²) in [5, 5.41) is 0. The molecule has 0 spiro atoms. The Balaban J connectivity index is 1.36. The maximum Gasteiger partial charge on any atom is 0.164 e. The summed E-state index contributed by atoms with van der Waals surface area (Å²) >= 11 is 0. The van der Waals surface area contributed by atoms with Gasteiger partial charge in [0, 0.05) is 43.4 Å². The summed E-state index contributed by atoms with van der Waals surface area (Å²) in [6.07, 6.45) is 8.99. The second-order valence-corrected chi connectivity index (χ2v) is 8.27. The van der Waals surface area contributed by atoms with Crippen LogP contribution in [0.1, 0.15) is 68.6 Å². The molecular formula is C23H35FN2O2. The summed E-state index contributed by atoms with van der Waals surface area (Å²) in [7, 11) is 2.24. The molecule has 1 aliphatic heterocycles. The van der Waals surface area contributed by atoms with Crippen molar-refractivity contribution in [3.05, 3.63) is 29.6 Å². The topological polar surface area (TPSA) is 32.8 Å². The first-order valence-electron chi connectivity index (χ1n) is 11.0. The molecule has 3 rings (SSSR count). The smallest absolute Gasteiger partial charge is 0.164 e. The van der Waals surface area contributed by atoms with Crippen LogP contribution in [0.5, 0.6) is 0 Å². The number of benzene rings is 1. The molecule has 1 heterocycles. The number of carbonyl (C=O) groups excluding carboxylic acids is 1. The average Bonchev–Trinajstić information content (AvgIpc) is 3.56. The molecule has 28 heavy (non-hydrogen) atoms. The fraction of sp³-hybridized carbons (Fsp3) is 0.696. The molecule has 1 saturated heterocycles. The van der Waals surface area contributed by atoms with E-state index in [2.05, 4.69) is 16.8 Å². The number of anilines is 1. The Bertz CT molecular complexity index is 639. The van der Waals surface area contributed by atoms with E-state index >= 15 is 0 Å². The molecule has 1 saturated carbocycles. The van der Waals surface area contributed by atoms with Crippen LogP contribution < -0.4 is 4.90 Å². The van der Waals surface area contributed by atoms with E-state index in [4.69, 9.17) is 4.74 Å². The third-order valence-electron chi connectivity index (χ3n) is 6.04. The van der Waals surface area contributed by atoms with Crippen molar-refractivity contribution in [2.24, 2.45) is 0 Å². The number of rotatable bonds is 11. The second-order valence-electron chi connectivity index (χ2n) is 8.27. The number of halogens is 1. The van der Waals surface area contributed by atoms with E-state index in [1.165, 1.54) is 44.4 Å². The highest BCUT2D eigenvalue weighted by atomic mass is 19.1. The van der Waals surface area contributed by atoms with E-state index in [1.54, 1.807) is 6.07 Å². The number of ketones is 1. The molecule has 2 fully saturated rings. The van der Waals surface area contributed by atoms with Crippen molar-refractivity contribution in [1.29, 1.82) is 0 Å². The average molecular weight is 391 g/mol. The Morgan fingerprint density at radius 2 is 1.93 bits per heavy atom. The number of hydrogen-bond acceptors (Lipinski definition) is 4. The molecule has 2 aliphatic rings. The number of unbranched alkanes of at least 4 members (excludes halogenated alkanes) is 2. The van der Waals surface area contributed by atoms with E-state index < -0.39 is 0 Å². The van der Waals surface area contributed by atoms with Gasteiger partial charge in [-0.3, -0.25) is 4.79 Å². The van der Waals surface area contributed by atoms with Crippen molar-refractivity contribution in [1.82, 2.24) is 4.90 Å². The number of Topliss-reactive ketones (excluding diaryl/α,β-unsaturated/α-hetero) is 1. The molecule has 0 amide bonds. The van der Waals surface area contributed by atoms with Gasteiger partial charge in [0.1, 0.15) is 5.82 Å². The Morgan fingerprint density at radius 3 is 2.61 bits per heavy atom. The minimum Gasteiger partial charge on any atom is -0.378 e. The number of piperidine rings is 1. The van der Waals surface area contributed by atoms with Crippen molar-refractivity contribution in [2.75, 3.05) is 38.2 Å². The van der Waals surface area contributed by atoms with Gasteiger partial charge in [0.15, 0.2) is 5.78 Å². The van der Waals surface area contributed by atoms with Crippen molar-refractivity contribution >= 4 is 11.5 Å². The van der Waals surface area contributed by atoms with Crippen LogP contribution in [0.25, 0.3) is 0 Å². The van der Waals surface area contributed by atoms with Gasteiger partial charge in [0.05, 0.1) is 6.10 Å². The number of hydrogen-bond donors (Lipinski definition) is 0. The Kier molecular flexibility index (Phi) is 7.86. The van der Waals surface area contributed by atoms with Gasteiger partial charge in [0.25, 0.3) is 0 Å². The normalized spacial score (nSPS) is 18.1. The lowest BCUT2D eigenvalue weighted by atomic mass is 10.0. The first kappa shape index (κ1) is 21.3. The zero-order valence-electron chi connectivity index (χ0n) is 17.5. The van der Waals surface area contributed by atoms with Gasteiger partial charge < -0.3 is 14.5 Å². The van der Waals surface area contributed by atoms with Crippen LogP contribution in [0.2, 0.25) is 0 Å². The number of nitrogens with zero attached hydrogens (tertiary/aromatic N) is 2. The van der Waals surface area contributed by atoms with Crippen LogP contribution in [0.15, 0.2) is 18.2 Å². The van der Waals surface area contributed by atoms with Gasteiger partial charge in [-0.1, -0.05) is 6.92 Å². The molecule has 0 aromatic heterocycles. The van der Waals surface area contributed by atoms with E-state index in [1.807, 2.05) is 6.92 Å². The first-order valence-corrected chi connectivity index (χ1v) is 11.0. The van der Waals surface area contributed by atoms with Crippen molar-refractivity contribution < 1.29 is 13.9 Å². The molecule has 0 bridgehead atoms. The number of carbonyl (C=O) groups is 1. The highest BCUT2D eigenvalue weighted by Gasteiger charge is 2.25. The standard InChI is InChI=1S/C23H35FN2O2/c1-3-23(27)21-17-18(24)7-10-22(21)26-14-11-20(12-15-26)28-16-6-4-5-13-25(2)19-8-9-19/h7,10,17,19-20H,3-6,8-9,11-16H2,1-2H3. The van der Waals surface area contributed by atoms with Crippen LogP contribution in [0.3, 0.4) is 0 Å². The first-order chi connectivity index (χ1) is 13.6. The van der Waals surface area contributed by atoms with Crippen molar-refractivity contribution in [2.45, 2.75) is 70.4 Å². The van der Waals surface area contributed by atoms with Crippen LogP contribution in [-0.4, -0.2) is 56.1 Å². The monoisotopic (exact) mass is 390 g/mol. The summed E-state index contributed by atoms with van der Waals surface area (Å²) in [6, 6.07) is 5.43. The third-order valence-corrected chi connectivity index (χ3v) is 6.04. The molecule has 0 radical (unpaired) electrons. The lowest BCUT2D eigenvalue weighted by molar-refractivity contribution is 0.0345. The molecule has 0 unspecified atom stereocenters. The molecule has 1 aromatic carbocycles. The summed E-state index contributed by atoms with van der Waals surface area (Å²) in [4.78, 5) is 16.9. The molecule has 1 aliphatic carbocycles. The van der Waals surface area contributed by atoms with E-state index in [0.717, 1.165) is 50.7 Å². The molecule has 0 atom stereocenters. The number of ether oxygens (including phenoxy) is 1. The van der Waals surface area contributed by atoms with Crippen molar-refractivity contribution in [3.63, 3.8) is 0 Å². The largest absolute Gasteiger partial charge is 0.378 e. The fourth-order valence-corrected chi connectivity index (χ4v) is 4.05. The minimum atomic E-state index is -0.345. The van der Waals surface area contributed by atoms with Gasteiger partial charge in [-0.05, 0) is 76.7 Å². The van der Waals surface area contributed by atoms with Gasteiger partial charge in [-0.25, -0.2) is 4.39 Å². The van der Waals surface area contributed by atoms with Crippen molar-refractivity contribution in [3.8, 4) is 0 Å². The predicted molar refractivity (Wildman–Crippen MR) is 112 cm³/mol. The zero-order valence-corrected chi connectivity index (χ0v) is 17.5. The summed E-state index contributed by atoms with van der Waals surface area (Å²) in [6.45, 7) is 5.58. The van der Waals surface area contributed by atoms with Crippen LogP contribution in [0.4, 0.5) is 10.1 Å². The minimum absolute atomic E-state index is 0.000189. The van der Waals surface area contributed by atoms with Gasteiger partial charge in [0.2, 0.25) is 0 Å². The van der Waals surface area contributed by atoms with Crippen LogP contribution in [0, 0.1) is 5.82 Å². The quantitative estimate of drug-likeness (QED) is 0.406. The van der Waals surface area contributed by atoms with Crippen LogP contribution >= 0.6 is 0 Å². The van der Waals surface area contributed by atoms with Gasteiger partial charge >= 0.3 is 0 Å². The highest BCUT2D eigenvalue weighted by Crippen LogP contribution is 2.27. The lowest BCUT2D eigenvalue weighted by Gasteiger charge is -2.34. The Morgan fingerprint density at radius 1 is 1.18 bits per heavy atom. The molecule has 4 nitrogen and oxygen atoms in total. The fourth-order valence-electron chi connectivity index (χ4n) is 4.05. The molecule has 156 valence electrons. The SMILES string of the molecule is CCC(=O)c1cc(F)ccc1N1CCC(OCCCCCN(C)C2CC2)CC1. The lowest BCUT2D eigenvalue weighted by Crippen LogP contribution is -2.38. The maximum absolute atomic E-state index is 13.6. The second kappa shape index (κ2) is 10.4. The van der Waals surface area contributed by atoms with E-state index in [0.29, 0.717) is 18.1 Å². The summed E-state index contributed by atoms with van der Waals surface area (Å²) in [5.74, 6) is -0.345. The molecule has 0 N–H and O–H groups in total. The van der Waals surface area contributed by atoms with Gasteiger partial charge in [-0.2, -0.15) is 0 Å². The van der Waals surface area contributed by atoms with E-state index in [-0.39, 0.29) is 11.6 Å². The third kappa shape index (κ3) is 6.02. The summed E-state index contributed by atoms with van der Waals surface area (Å²) < 4.78 is 19.7.